The molecular formula is C14H19ClN4O3. The van der Waals surface area contributed by atoms with Crippen LogP contribution in [0.3, 0.4) is 0 Å². The van der Waals surface area contributed by atoms with Crippen molar-refractivity contribution in [3.05, 3.63) is 33.9 Å². The van der Waals surface area contributed by atoms with Crippen LogP contribution in [0.15, 0.2) is 18.2 Å². The van der Waals surface area contributed by atoms with Crippen LogP contribution in [0.25, 0.3) is 0 Å². The zero-order valence-corrected chi connectivity index (χ0v) is 12.8. The Bertz CT molecular complexity index is 591. The first kappa shape index (κ1) is 16.5. The van der Waals surface area contributed by atoms with E-state index < -0.39 is 4.92 Å². The molecule has 0 bridgehead atoms. The van der Waals surface area contributed by atoms with Gasteiger partial charge in [0.15, 0.2) is 0 Å². The fourth-order valence-electron chi connectivity index (χ4n) is 2.54. The molecule has 120 valence electrons. The Morgan fingerprint density at radius 2 is 2.09 bits per heavy atom. The fraction of sp³-hybridized carbons (Fsp3) is 0.500. The van der Waals surface area contributed by atoms with Gasteiger partial charge in [-0.2, -0.15) is 0 Å². The third-order valence-electron chi connectivity index (χ3n) is 3.89. The summed E-state index contributed by atoms with van der Waals surface area (Å²) < 4.78 is 0. The number of anilines is 1. The molecule has 0 radical (unpaired) electrons. The van der Waals surface area contributed by atoms with E-state index in [1.807, 2.05) is 0 Å². The summed E-state index contributed by atoms with van der Waals surface area (Å²) in [5.41, 5.74) is 6.58. The molecular weight excluding hydrogens is 308 g/mol. The van der Waals surface area contributed by atoms with Gasteiger partial charge in [0.05, 0.1) is 4.92 Å². The summed E-state index contributed by atoms with van der Waals surface area (Å²) in [6, 6.07) is 4.95. The van der Waals surface area contributed by atoms with Gasteiger partial charge in [0, 0.05) is 36.8 Å². The highest BCUT2D eigenvalue weighted by Crippen LogP contribution is 2.32. The van der Waals surface area contributed by atoms with E-state index in [1.54, 1.807) is 17.0 Å². The molecule has 1 saturated heterocycles. The highest BCUT2D eigenvalue weighted by molar-refractivity contribution is 5.96. The van der Waals surface area contributed by atoms with Gasteiger partial charge in [-0.1, -0.05) is 0 Å². The van der Waals surface area contributed by atoms with Crippen molar-refractivity contribution in [1.29, 1.82) is 0 Å². The third kappa shape index (κ3) is 3.48. The molecule has 1 heterocycles. The van der Waals surface area contributed by atoms with Crippen LogP contribution in [-0.4, -0.2) is 40.9 Å². The second-order valence-corrected chi connectivity index (χ2v) is 5.71. The first-order valence-electron chi connectivity index (χ1n) is 7.14. The number of nitrogens with two attached hydrogens (primary N) is 1. The summed E-state index contributed by atoms with van der Waals surface area (Å²) in [6.07, 6.45) is 2.84. The molecule has 1 aromatic rings. The minimum atomic E-state index is -0.447. The van der Waals surface area contributed by atoms with Crippen LogP contribution in [-0.2, 0) is 0 Å². The molecule has 1 saturated carbocycles. The Morgan fingerprint density at radius 1 is 1.36 bits per heavy atom. The number of likely N-dealkylation sites (tertiary alicyclic amines) is 1. The summed E-state index contributed by atoms with van der Waals surface area (Å²) in [6.45, 7) is 1.12. The van der Waals surface area contributed by atoms with E-state index >= 15 is 0 Å². The maximum Gasteiger partial charge on any atom is 0.293 e. The molecule has 1 atom stereocenters. The number of amides is 1. The molecule has 8 heteroatoms. The van der Waals surface area contributed by atoms with Crippen molar-refractivity contribution in [3.63, 3.8) is 0 Å². The molecule has 3 N–H and O–H groups in total. The Hall–Kier alpha value is -1.86. The van der Waals surface area contributed by atoms with Crippen molar-refractivity contribution in [1.82, 2.24) is 4.90 Å². The summed E-state index contributed by atoms with van der Waals surface area (Å²) in [5, 5.41) is 14.3. The normalized spacial score (nSPS) is 20.4. The predicted octanol–water partition coefficient (Wildman–Crippen LogP) is 1.76. The standard InChI is InChI=1S/C14H18N4O3.ClH/c15-10-5-6-17(8-10)14(19)9-1-4-12(16-11-2-3-11)13(7-9)18(20)21;/h1,4,7,10-11,16H,2-3,5-6,8,15H2;1H/t10-;/m1./s1. The van der Waals surface area contributed by atoms with E-state index in [2.05, 4.69) is 5.32 Å². The van der Waals surface area contributed by atoms with Crippen LogP contribution in [0.2, 0.25) is 0 Å². The topological polar surface area (TPSA) is 102 Å². The van der Waals surface area contributed by atoms with Gasteiger partial charge in [0.1, 0.15) is 5.69 Å². The SMILES string of the molecule is Cl.N[C@@H]1CCN(C(=O)c2ccc(NC3CC3)c([N+](=O)[O-])c2)C1. The molecule has 1 aliphatic heterocycles. The monoisotopic (exact) mass is 326 g/mol. The van der Waals surface area contributed by atoms with Gasteiger partial charge in [-0.25, -0.2) is 0 Å². The molecule has 7 nitrogen and oxygen atoms in total. The van der Waals surface area contributed by atoms with Gasteiger partial charge in [0.25, 0.3) is 11.6 Å². The smallest absolute Gasteiger partial charge is 0.293 e. The van der Waals surface area contributed by atoms with Crippen molar-refractivity contribution in [2.45, 2.75) is 31.3 Å². The van der Waals surface area contributed by atoms with Gasteiger partial charge in [-0.05, 0) is 31.4 Å². The number of nitrogens with one attached hydrogen (secondary N) is 1. The zero-order valence-electron chi connectivity index (χ0n) is 12.0. The average Bonchev–Trinajstić information content (AvgIpc) is 3.17. The number of carbonyl (C=O) groups is 1. The lowest BCUT2D eigenvalue weighted by molar-refractivity contribution is -0.384. The van der Waals surface area contributed by atoms with Crippen molar-refractivity contribution < 1.29 is 9.72 Å². The number of nitro benzene ring substituents is 1. The molecule has 1 aromatic carbocycles. The van der Waals surface area contributed by atoms with Gasteiger partial charge in [0.2, 0.25) is 0 Å². The van der Waals surface area contributed by atoms with Crippen LogP contribution in [0.4, 0.5) is 11.4 Å². The summed E-state index contributed by atoms with van der Waals surface area (Å²) >= 11 is 0. The molecule has 0 spiro atoms. The van der Waals surface area contributed by atoms with Crippen LogP contribution in [0.1, 0.15) is 29.6 Å². The first-order valence-corrected chi connectivity index (χ1v) is 7.14. The van der Waals surface area contributed by atoms with Crippen LogP contribution in [0, 0.1) is 10.1 Å². The zero-order chi connectivity index (χ0) is 15.0. The van der Waals surface area contributed by atoms with E-state index in [0.717, 1.165) is 19.3 Å². The number of benzene rings is 1. The quantitative estimate of drug-likeness (QED) is 0.648. The highest BCUT2D eigenvalue weighted by atomic mass is 35.5. The molecule has 1 aliphatic carbocycles. The number of halogens is 1. The van der Waals surface area contributed by atoms with E-state index in [9.17, 15) is 14.9 Å². The average molecular weight is 327 g/mol. The van der Waals surface area contributed by atoms with Crippen LogP contribution >= 0.6 is 12.4 Å². The van der Waals surface area contributed by atoms with Crippen molar-refractivity contribution in [2.24, 2.45) is 5.73 Å². The van der Waals surface area contributed by atoms with Gasteiger partial charge in [-0.3, -0.25) is 14.9 Å². The van der Waals surface area contributed by atoms with Crippen molar-refractivity contribution in [2.75, 3.05) is 18.4 Å². The van der Waals surface area contributed by atoms with Gasteiger partial charge >= 0.3 is 0 Å². The number of nitro groups is 1. The Balaban J connectivity index is 0.00000176. The molecule has 0 unspecified atom stereocenters. The van der Waals surface area contributed by atoms with Gasteiger partial charge < -0.3 is 16.0 Å². The van der Waals surface area contributed by atoms with Crippen LogP contribution < -0.4 is 11.1 Å². The van der Waals surface area contributed by atoms with E-state index in [0.29, 0.717) is 30.4 Å². The lowest BCUT2D eigenvalue weighted by Gasteiger charge is -2.16. The predicted molar refractivity (Wildman–Crippen MR) is 85.5 cm³/mol. The third-order valence-corrected chi connectivity index (χ3v) is 3.89. The molecule has 2 aliphatic rings. The Kier molecular flexibility index (Phi) is 4.87. The van der Waals surface area contributed by atoms with E-state index in [1.165, 1.54) is 6.07 Å². The van der Waals surface area contributed by atoms with Crippen molar-refractivity contribution in [3.8, 4) is 0 Å². The largest absolute Gasteiger partial charge is 0.377 e. The summed E-state index contributed by atoms with van der Waals surface area (Å²) in [4.78, 5) is 24.7. The summed E-state index contributed by atoms with van der Waals surface area (Å²) in [5.74, 6) is -0.191. The number of hydrogen-bond acceptors (Lipinski definition) is 5. The lowest BCUT2D eigenvalue weighted by Crippen LogP contribution is -2.31. The molecule has 22 heavy (non-hydrogen) atoms. The number of rotatable bonds is 4. The number of carbonyl (C=O) groups excluding carboxylic acids is 1. The number of hydrogen-bond donors (Lipinski definition) is 2. The molecule has 2 fully saturated rings. The number of nitrogens with zero attached hydrogens (tertiary/aromatic N) is 2. The molecule has 3 rings (SSSR count). The Morgan fingerprint density at radius 3 is 2.64 bits per heavy atom. The highest BCUT2D eigenvalue weighted by Gasteiger charge is 2.28. The maximum absolute atomic E-state index is 12.3. The molecule has 1 amide bonds. The minimum Gasteiger partial charge on any atom is -0.377 e. The summed E-state index contributed by atoms with van der Waals surface area (Å²) in [7, 11) is 0. The lowest BCUT2D eigenvalue weighted by atomic mass is 10.1. The van der Waals surface area contributed by atoms with E-state index in [-0.39, 0.29) is 30.0 Å². The van der Waals surface area contributed by atoms with Crippen molar-refractivity contribution >= 4 is 29.7 Å². The van der Waals surface area contributed by atoms with E-state index in [4.69, 9.17) is 5.73 Å². The van der Waals surface area contributed by atoms with Gasteiger partial charge in [-0.15, -0.1) is 12.4 Å². The molecule has 0 aromatic heterocycles. The fourth-order valence-corrected chi connectivity index (χ4v) is 2.54. The second kappa shape index (κ2) is 6.50. The minimum absolute atomic E-state index is 0. The first-order chi connectivity index (χ1) is 10.0. The second-order valence-electron chi connectivity index (χ2n) is 5.71. The Labute approximate surface area is 134 Å². The maximum atomic E-state index is 12.3. The van der Waals surface area contributed by atoms with Crippen LogP contribution in [0.5, 0.6) is 0 Å².